The zero-order chi connectivity index (χ0) is 14.7. The lowest BCUT2D eigenvalue weighted by Gasteiger charge is -2.09. The molecule has 0 fully saturated rings. The largest absolute Gasteiger partial charge is 0.495 e. The van der Waals surface area contributed by atoms with Crippen molar-refractivity contribution in [2.45, 2.75) is 0 Å². The molecule has 20 heavy (non-hydrogen) atoms. The number of methoxy groups -OCH3 is 1. The lowest BCUT2D eigenvalue weighted by molar-refractivity contribution is 0.102. The molecule has 0 spiro atoms. The number of amides is 1. The van der Waals surface area contributed by atoms with Crippen LogP contribution in [0.4, 0.5) is 10.1 Å². The van der Waals surface area contributed by atoms with Crippen LogP contribution < -0.4 is 10.1 Å². The number of rotatable bonds is 3. The highest BCUT2D eigenvalue weighted by atomic mass is 79.9. The number of carbonyl (C=O) groups excluding carboxylic acids is 1. The van der Waals surface area contributed by atoms with E-state index in [-0.39, 0.29) is 10.0 Å². The van der Waals surface area contributed by atoms with Gasteiger partial charge >= 0.3 is 0 Å². The van der Waals surface area contributed by atoms with Gasteiger partial charge in [-0.25, -0.2) is 4.39 Å². The standard InChI is InChI=1S/C14H10BrClFNO2/c1-20-12-7-8(5-6-10(12)16)18-14(19)9-3-2-4-11(17)13(9)15/h2-7H,1H3,(H,18,19). The highest BCUT2D eigenvalue weighted by Crippen LogP contribution is 2.28. The van der Waals surface area contributed by atoms with E-state index >= 15 is 0 Å². The summed E-state index contributed by atoms with van der Waals surface area (Å²) in [6.45, 7) is 0. The van der Waals surface area contributed by atoms with Gasteiger partial charge in [0.1, 0.15) is 11.6 Å². The maximum Gasteiger partial charge on any atom is 0.256 e. The first-order valence-corrected chi connectivity index (χ1v) is 6.79. The summed E-state index contributed by atoms with van der Waals surface area (Å²) in [7, 11) is 1.48. The Labute approximate surface area is 128 Å². The summed E-state index contributed by atoms with van der Waals surface area (Å²) in [5.74, 6) is -0.477. The predicted octanol–water partition coefficient (Wildman–Crippen LogP) is 4.50. The Hall–Kier alpha value is -1.59. The van der Waals surface area contributed by atoms with E-state index in [4.69, 9.17) is 16.3 Å². The Balaban J connectivity index is 2.26. The van der Waals surface area contributed by atoms with Gasteiger partial charge in [0.05, 0.1) is 22.2 Å². The van der Waals surface area contributed by atoms with Crippen LogP contribution in [0.25, 0.3) is 0 Å². The number of hydrogen-bond acceptors (Lipinski definition) is 2. The van der Waals surface area contributed by atoms with E-state index < -0.39 is 11.7 Å². The maximum absolute atomic E-state index is 13.4. The van der Waals surface area contributed by atoms with Gasteiger partial charge in [0, 0.05) is 11.8 Å². The van der Waals surface area contributed by atoms with E-state index in [1.54, 1.807) is 18.2 Å². The minimum absolute atomic E-state index is 0.124. The molecule has 0 bridgehead atoms. The van der Waals surface area contributed by atoms with Crippen molar-refractivity contribution in [3.63, 3.8) is 0 Å². The lowest BCUT2D eigenvalue weighted by atomic mass is 10.2. The van der Waals surface area contributed by atoms with Crippen LogP contribution in [-0.4, -0.2) is 13.0 Å². The fourth-order valence-electron chi connectivity index (χ4n) is 1.62. The number of ether oxygens (including phenoxy) is 1. The molecular weight excluding hydrogens is 349 g/mol. The summed E-state index contributed by atoms with van der Waals surface area (Å²) in [6, 6.07) is 9.10. The molecule has 6 heteroatoms. The van der Waals surface area contributed by atoms with Gasteiger partial charge in [-0.15, -0.1) is 0 Å². The minimum Gasteiger partial charge on any atom is -0.495 e. The summed E-state index contributed by atoms with van der Waals surface area (Å²) in [5.41, 5.74) is 0.714. The van der Waals surface area contributed by atoms with Crippen LogP contribution in [0.2, 0.25) is 5.02 Å². The molecule has 0 radical (unpaired) electrons. The van der Waals surface area contributed by atoms with Crippen molar-refractivity contribution >= 4 is 39.1 Å². The second-order valence-corrected chi connectivity index (χ2v) is 5.11. The van der Waals surface area contributed by atoms with Crippen molar-refractivity contribution in [3.05, 3.63) is 57.3 Å². The van der Waals surface area contributed by atoms with E-state index in [9.17, 15) is 9.18 Å². The topological polar surface area (TPSA) is 38.3 Å². The highest BCUT2D eigenvalue weighted by molar-refractivity contribution is 9.10. The van der Waals surface area contributed by atoms with E-state index in [0.29, 0.717) is 16.5 Å². The molecule has 0 atom stereocenters. The van der Waals surface area contributed by atoms with Gasteiger partial charge in [0.15, 0.2) is 0 Å². The van der Waals surface area contributed by atoms with Crippen LogP contribution in [0.3, 0.4) is 0 Å². The molecule has 0 aliphatic rings. The van der Waals surface area contributed by atoms with Crippen LogP contribution in [-0.2, 0) is 0 Å². The van der Waals surface area contributed by atoms with Gasteiger partial charge in [0.2, 0.25) is 0 Å². The van der Waals surface area contributed by atoms with E-state index in [1.165, 1.54) is 25.3 Å². The summed E-state index contributed by atoms with van der Waals surface area (Å²) >= 11 is 8.95. The second-order valence-electron chi connectivity index (χ2n) is 3.90. The number of benzene rings is 2. The summed E-state index contributed by atoms with van der Waals surface area (Å²) < 4.78 is 18.6. The zero-order valence-electron chi connectivity index (χ0n) is 10.4. The second kappa shape index (κ2) is 6.24. The van der Waals surface area contributed by atoms with Crippen LogP contribution in [0.5, 0.6) is 5.75 Å². The third kappa shape index (κ3) is 3.11. The van der Waals surface area contributed by atoms with Crippen molar-refractivity contribution in [1.29, 1.82) is 0 Å². The van der Waals surface area contributed by atoms with Crippen LogP contribution >= 0.6 is 27.5 Å². The van der Waals surface area contributed by atoms with Crippen LogP contribution in [0.1, 0.15) is 10.4 Å². The first-order valence-electron chi connectivity index (χ1n) is 5.62. The number of anilines is 1. The first kappa shape index (κ1) is 14.8. The Morgan fingerprint density at radius 1 is 1.35 bits per heavy atom. The van der Waals surface area contributed by atoms with Gasteiger partial charge in [-0.3, -0.25) is 4.79 Å². The first-order chi connectivity index (χ1) is 9.52. The molecule has 1 N–H and O–H groups in total. The Kier molecular flexibility index (Phi) is 4.62. The lowest BCUT2D eigenvalue weighted by Crippen LogP contribution is -2.13. The Morgan fingerprint density at radius 3 is 2.80 bits per heavy atom. The SMILES string of the molecule is COc1cc(NC(=O)c2cccc(F)c2Br)ccc1Cl. The molecule has 0 heterocycles. The molecular formula is C14H10BrClFNO2. The van der Waals surface area contributed by atoms with Crippen molar-refractivity contribution in [2.75, 3.05) is 12.4 Å². The average molecular weight is 359 g/mol. The molecule has 104 valence electrons. The minimum atomic E-state index is -0.494. The number of halogens is 3. The maximum atomic E-state index is 13.4. The molecule has 3 nitrogen and oxygen atoms in total. The van der Waals surface area contributed by atoms with Gasteiger partial charge in [-0.05, 0) is 40.2 Å². The molecule has 0 aliphatic carbocycles. The van der Waals surface area contributed by atoms with E-state index in [1.807, 2.05) is 0 Å². The third-order valence-electron chi connectivity index (χ3n) is 2.61. The number of nitrogens with one attached hydrogen (secondary N) is 1. The van der Waals surface area contributed by atoms with Gasteiger partial charge in [-0.2, -0.15) is 0 Å². The van der Waals surface area contributed by atoms with Crippen molar-refractivity contribution in [2.24, 2.45) is 0 Å². The van der Waals surface area contributed by atoms with Crippen LogP contribution in [0.15, 0.2) is 40.9 Å². The van der Waals surface area contributed by atoms with Gasteiger partial charge < -0.3 is 10.1 Å². The molecule has 0 aliphatic heterocycles. The van der Waals surface area contributed by atoms with Crippen LogP contribution in [0, 0.1) is 5.82 Å². The molecule has 0 aromatic heterocycles. The number of carbonyl (C=O) groups is 1. The smallest absolute Gasteiger partial charge is 0.256 e. The fraction of sp³-hybridized carbons (Fsp3) is 0.0714. The molecule has 2 rings (SSSR count). The van der Waals surface area contributed by atoms with E-state index in [0.717, 1.165) is 0 Å². The third-order valence-corrected chi connectivity index (χ3v) is 3.72. The van der Waals surface area contributed by atoms with Gasteiger partial charge in [-0.1, -0.05) is 17.7 Å². The van der Waals surface area contributed by atoms with Crippen molar-refractivity contribution in [3.8, 4) is 5.75 Å². The molecule has 0 saturated heterocycles. The molecule has 0 saturated carbocycles. The molecule has 1 amide bonds. The predicted molar refractivity (Wildman–Crippen MR) is 80.1 cm³/mol. The van der Waals surface area contributed by atoms with Gasteiger partial charge in [0.25, 0.3) is 5.91 Å². The fourth-order valence-corrected chi connectivity index (χ4v) is 2.25. The summed E-state index contributed by atoms with van der Waals surface area (Å²) in [4.78, 5) is 12.1. The Bertz CT molecular complexity index is 664. The molecule has 2 aromatic rings. The normalized spacial score (nSPS) is 10.2. The summed E-state index contributed by atoms with van der Waals surface area (Å²) in [5, 5.41) is 3.10. The summed E-state index contributed by atoms with van der Waals surface area (Å²) in [6.07, 6.45) is 0. The number of hydrogen-bond donors (Lipinski definition) is 1. The highest BCUT2D eigenvalue weighted by Gasteiger charge is 2.13. The molecule has 0 unspecified atom stereocenters. The Morgan fingerprint density at radius 2 is 2.10 bits per heavy atom. The zero-order valence-corrected chi connectivity index (χ0v) is 12.8. The quantitative estimate of drug-likeness (QED) is 0.877. The van der Waals surface area contributed by atoms with Crippen molar-refractivity contribution < 1.29 is 13.9 Å². The van der Waals surface area contributed by atoms with E-state index in [2.05, 4.69) is 21.2 Å². The molecule has 2 aromatic carbocycles. The monoisotopic (exact) mass is 357 g/mol. The van der Waals surface area contributed by atoms with Crippen molar-refractivity contribution in [1.82, 2.24) is 0 Å². The average Bonchev–Trinajstić information content (AvgIpc) is 2.43.